The highest BCUT2D eigenvalue weighted by Crippen LogP contribution is 2.33. The zero-order valence-electron chi connectivity index (χ0n) is 22.3. The Balaban J connectivity index is 1.05. The third-order valence-corrected chi connectivity index (χ3v) is 8.15. The van der Waals surface area contributed by atoms with Gasteiger partial charge >= 0.3 is 6.03 Å². The molecule has 39 heavy (non-hydrogen) atoms. The lowest BCUT2D eigenvalue weighted by Gasteiger charge is -2.42. The summed E-state index contributed by atoms with van der Waals surface area (Å²) in [4.78, 5) is 44.5. The first-order chi connectivity index (χ1) is 18.9. The van der Waals surface area contributed by atoms with E-state index in [0.29, 0.717) is 37.2 Å². The number of rotatable bonds is 8. The molecule has 208 valence electrons. The first-order valence-corrected chi connectivity index (χ1v) is 13.7. The van der Waals surface area contributed by atoms with Gasteiger partial charge in [0.05, 0.1) is 25.3 Å². The van der Waals surface area contributed by atoms with Crippen molar-refractivity contribution in [3.8, 4) is 5.75 Å². The number of halogens is 1. The van der Waals surface area contributed by atoms with Crippen molar-refractivity contribution in [1.29, 1.82) is 0 Å². The SMILES string of the molecule is COc1ccc(CN2C(=O)NC3CC(C(=O)NCCN4CCN(c5ccccc5F)CC4)CCC3C2=O)cc1. The summed E-state index contributed by atoms with van der Waals surface area (Å²) in [5.74, 6) is -0.226. The molecule has 2 aliphatic heterocycles. The molecule has 0 radical (unpaired) electrons. The number of amides is 4. The topological polar surface area (TPSA) is 94.2 Å². The summed E-state index contributed by atoms with van der Waals surface area (Å²) >= 11 is 0. The fourth-order valence-electron chi connectivity index (χ4n) is 5.87. The maximum atomic E-state index is 14.1. The van der Waals surface area contributed by atoms with Gasteiger partial charge in [-0.2, -0.15) is 0 Å². The molecular formula is C29H36FN5O4. The number of urea groups is 1. The molecule has 3 fully saturated rings. The smallest absolute Gasteiger partial charge is 0.324 e. The lowest BCUT2D eigenvalue weighted by atomic mass is 9.76. The number of piperazine rings is 1. The van der Waals surface area contributed by atoms with Gasteiger partial charge in [-0.3, -0.25) is 19.4 Å². The van der Waals surface area contributed by atoms with Crippen LogP contribution in [0.1, 0.15) is 24.8 Å². The van der Waals surface area contributed by atoms with Gasteiger partial charge in [0.25, 0.3) is 0 Å². The predicted molar refractivity (Wildman–Crippen MR) is 145 cm³/mol. The number of carbonyl (C=O) groups is 3. The van der Waals surface area contributed by atoms with Crippen LogP contribution in [0.5, 0.6) is 5.75 Å². The standard InChI is InChI=1S/C29H36FN5O4/c1-39-22-9-6-20(7-10-22)19-35-28(37)23-11-8-21(18-25(23)32-29(35)38)27(36)31-12-13-33-14-16-34(17-15-33)26-5-3-2-4-24(26)30/h2-7,9-10,21,23,25H,8,11-19H2,1H3,(H,31,36)(H,32,38). The number of hydrogen-bond donors (Lipinski definition) is 2. The number of nitrogens with one attached hydrogen (secondary N) is 2. The van der Waals surface area contributed by atoms with Crippen LogP contribution in [0.25, 0.3) is 0 Å². The molecule has 5 rings (SSSR count). The first-order valence-electron chi connectivity index (χ1n) is 13.7. The summed E-state index contributed by atoms with van der Waals surface area (Å²) in [6.07, 6.45) is 1.65. The van der Waals surface area contributed by atoms with Crippen LogP contribution in [-0.2, 0) is 16.1 Å². The number of methoxy groups -OCH3 is 1. The van der Waals surface area contributed by atoms with Crippen LogP contribution < -0.4 is 20.3 Å². The summed E-state index contributed by atoms with van der Waals surface area (Å²) in [5.41, 5.74) is 1.48. The number of fused-ring (bicyclic) bond motifs is 1. The zero-order valence-corrected chi connectivity index (χ0v) is 22.3. The highest BCUT2D eigenvalue weighted by Gasteiger charge is 2.45. The van der Waals surface area contributed by atoms with Crippen LogP contribution in [-0.4, -0.2) is 80.1 Å². The first kappa shape index (κ1) is 26.9. The van der Waals surface area contributed by atoms with Crippen molar-refractivity contribution >= 4 is 23.5 Å². The Labute approximate surface area is 228 Å². The van der Waals surface area contributed by atoms with E-state index in [1.165, 1.54) is 11.0 Å². The second-order valence-electron chi connectivity index (χ2n) is 10.5. The molecule has 2 saturated heterocycles. The maximum absolute atomic E-state index is 14.1. The molecule has 2 heterocycles. The average molecular weight is 538 g/mol. The van der Waals surface area contributed by atoms with Gasteiger partial charge in [0.2, 0.25) is 11.8 Å². The van der Waals surface area contributed by atoms with Gasteiger partial charge in [0.1, 0.15) is 11.6 Å². The van der Waals surface area contributed by atoms with E-state index >= 15 is 0 Å². The van der Waals surface area contributed by atoms with E-state index in [1.54, 1.807) is 31.4 Å². The van der Waals surface area contributed by atoms with Gasteiger partial charge in [-0.15, -0.1) is 0 Å². The number of nitrogens with zero attached hydrogens (tertiary/aromatic N) is 3. The van der Waals surface area contributed by atoms with E-state index in [9.17, 15) is 18.8 Å². The lowest BCUT2D eigenvalue weighted by Crippen LogP contribution is -2.61. The van der Waals surface area contributed by atoms with Crippen molar-refractivity contribution in [3.05, 3.63) is 59.9 Å². The van der Waals surface area contributed by atoms with E-state index in [4.69, 9.17) is 4.74 Å². The lowest BCUT2D eigenvalue weighted by molar-refractivity contribution is -0.139. The molecule has 10 heteroatoms. The molecule has 1 aliphatic carbocycles. The normalized spacial score (nSPS) is 23.7. The quantitative estimate of drug-likeness (QED) is 0.538. The predicted octanol–water partition coefficient (Wildman–Crippen LogP) is 2.61. The van der Waals surface area contributed by atoms with Crippen molar-refractivity contribution in [2.45, 2.75) is 31.8 Å². The molecule has 0 aromatic heterocycles. The minimum Gasteiger partial charge on any atom is -0.497 e. The molecule has 2 N–H and O–H groups in total. The number of carbonyl (C=O) groups excluding carboxylic acids is 3. The minimum atomic E-state index is -0.410. The Hall–Kier alpha value is -3.66. The Morgan fingerprint density at radius 3 is 2.51 bits per heavy atom. The van der Waals surface area contributed by atoms with E-state index in [-0.39, 0.29) is 42.1 Å². The van der Waals surface area contributed by atoms with E-state index < -0.39 is 6.03 Å². The number of imide groups is 1. The Kier molecular flexibility index (Phi) is 8.30. The highest BCUT2D eigenvalue weighted by atomic mass is 19.1. The summed E-state index contributed by atoms with van der Waals surface area (Å²) in [7, 11) is 1.59. The molecule has 3 atom stereocenters. The van der Waals surface area contributed by atoms with Crippen LogP contribution in [0.2, 0.25) is 0 Å². The van der Waals surface area contributed by atoms with Crippen LogP contribution in [0.15, 0.2) is 48.5 Å². The average Bonchev–Trinajstić information content (AvgIpc) is 2.96. The van der Waals surface area contributed by atoms with Crippen molar-refractivity contribution in [3.63, 3.8) is 0 Å². The van der Waals surface area contributed by atoms with Crippen molar-refractivity contribution < 1.29 is 23.5 Å². The molecule has 3 unspecified atom stereocenters. The molecule has 4 amide bonds. The molecule has 2 aromatic rings. The molecule has 2 aromatic carbocycles. The van der Waals surface area contributed by atoms with E-state index in [1.807, 2.05) is 18.2 Å². The van der Waals surface area contributed by atoms with Gasteiger partial charge in [0.15, 0.2) is 0 Å². The second kappa shape index (κ2) is 12.0. The monoisotopic (exact) mass is 537 g/mol. The van der Waals surface area contributed by atoms with Crippen LogP contribution >= 0.6 is 0 Å². The summed E-state index contributed by atoms with van der Waals surface area (Å²) < 4.78 is 19.2. The summed E-state index contributed by atoms with van der Waals surface area (Å²) in [6, 6.07) is 13.4. The number of ether oxygens (including phenoxy) is 1. The molecule has 1 saturated carbocycles. The van der Waals surface area contributed by atoms with Crippen molar-refractivity contribution in [1.82, 2.24) is 20.4 Å². The van der Waals surface area contributed by atoms with E-state index in [2.05, 4.69) is 20.4 Å². The molecular weight excluding hydrogens is 501 g/mol. The van der Waals surface area contributed by atoms with Gasteiger partial charge < -0.3 is 20.3 Å². The molecule has 9 nitrogen and oxygen atoms in total. The second-order valence-corrected chi connectivity index (χ2v) is 10.5. The molecule has 3 aliphatic rings. The van der Waals surface area contributed by atoms with Crippen LogP contribution in [0.4, 0.5) is 14.9 Å². The number of anilines is 1. The Morgan fingerprint density at radius 1 is 1.05 bits per heavy atom. The summed E-state index contributed by atoms with van der Waals surface area (Å²) in [6.45, 7) is 4.55. The third-order valence-electron chi connectivity index (χ3n) is 8.15. The highest BCUT2D eigenvalue weighted by molar-refractivity contribution is 5.99. The van der Waals surface area contributed by atoms with Crippen molar-refractivity contribution in [2.75, 3.05) is 51.3 Å². The molecule has 0 spiro atoms. The fourth-order valence-corrected chi connectivity index (χ4v) is 5.87. The van der Waals surface area contributed by atoms with Gasteiger partial charge in [-0.25, -0.2) is 9.18 Å². The molecule has 0 bridgehead atoms. The maximum Gasteiger partial charge on any atom is 0.324 e. The van der Waals surface area contributed by atoms with Gasteiger partial charge in [0, 0.05) is 51.2 Å². The van der Waals surface area contributed by atoms with Gasteiger partial charge in [-0.05, 0) is 49.1 Å². The fraction of sp³-hybridized carbons (Fsp3) is 0.483. The van der Waals surface area contributed by atoms with Crippen LogP contribution in [0.3, 0.4) is 0 Å². The minimum absolute atomic E-state index is 0.0270. The van der Waals surface area contributed by atoms with Gasteiger partial charge in [-0.1, -0.05) is 24.3 Å². The Bertz CT molecular complexity index is 1180. The zero-order chi connectivity index (χ0) is 27.4. The number of benzene rings is 2. The van der Waals surface area contributed by atoms with Crippen LogP contribution in [0, 0.1) is 17.7 Å². The number of para-hydroxylation sites is 1. The largest absolute Gasteiger partial charge is 0.497 e. The van der Waals surface area contributed by atoms with Crippen molar-refractivity contribution in [2.24, 2.45) is 11.8 Å². The van der Waals surface area contributed by atoms with E-state index in [0.717, 1.165) is 38.3 Å². The number of hydrogen-bond acceptors (Lipinski definition) is 6. The third kappa shape index (κ3) is 6.16. The summed E-state index contributed by atoms with van der Waals surface area (Å²) in [5, 5.41) is 6.03. The Morgan fingerprint density at radius 2 is 1.79 bits per heavy atom.